The van der Waals surface area contributed by atoms with Crippen molar-refractivity contribution < 1.29 is 32.6 Å². The summed E-state index contributed by atoms with van der Waals surface area (Å²) in [5, 5.41) is 24.1. The predicted octanol–water partition coefficient (Wildman–Crippen LogP) is 8.91. The van der Waals surface area contributed by atoms with Crippen molar-refractivity contribution in [1.29, 1.82) is 0 Å². The summed E-state index contributed by atoms with van der Waals surface area (Å²) in [4.78, 5) is 34.3. The van der Waals surface area contributed by atoms with Crippen molar-refractivity contribution in [2.75, 3.05) is 0 Å². The number of pyridine rings is 2. The summed E-state index contributed by atoms with van der Waals surface area (Å²) in [7, 11) is 0. The molecule has 66 heavy (non-hydrogen) atoms. The van der Waals surface area contributed by atoms with E-state index in [0.29, 0.717) is 61.0 Å². The fourth-order valence-corrected chi connectivity index (χ4v) is 8.88. The van der Waals surface area contributed by atoms with E-state index >= 15 is 0 Å². The van der Waals surface area contributed by atoms with Crippen LogP contribution in [0.3, 0.4) is 0 Å². The second kappa shape index (κ2) is 18.4. The number of carbonyl (C=O) groups excluding carboxylic acids is 2. The van der Waals surface area contributed by atoms with Crippen molar-refractivity contribution in [3.05, 3.63) is 99.9 Å². The third-order valence-corrected chi connectivity index (χ3v) is 11.5. The van der Waals surface area contributed by atoms with E-state index in [1.807, 2.05) is 54.5 Å². The first-order valence-electron chi connectivity index (χ1n) is 22.3. The van der Waals surface area contributed by atoms with Crippen molar-refractivity contribution in [3.63, 3.8) is 0 Å². The summed E-state index contributed by atoms with van der Waals surface area (Å²) in [6.45, 7) is 18.7. The number of ether oxygens (including phenoxy) is 3. The molecule has 0 N–H and O–H groups in total. The monoisotopic (exact) mass is 900 g/mol. The topological polar surface area (TPSA) is 175 Å². The fraction of sp³-hybridized carbons (Fsp3) is 0.429. The Balaban J connectivity index is 0.000000201. The Hall–Kier alpha value is -6.46. The molecule has 1 fully saturated rings. The van der Waals surface area contributed by atoms with Gasteiger partial charge in [0.1, 0.15) is 28.6 Å². The SMILES string of the molecule is CC(C)c1nc2c(c(-c3ccc(F)cc3)c1/C=C/[C@@H]1C[C@H](CC(=O)OC(C)(C)C)OC(C)(C)O1)CCn1nnnc1-2.CC(C)c1nc2c(c(-c3ccc(F)cc3)c1C=O)CCn1nnnc1-2. The summed E-state index contributed by atoms with van der Waals surface area (Å²) >= 11 is 0. The number of aryl methyl sites for hydroxylation is 2. The van der Waals surface area contributed by atoms with Crippen LogP contribution in [-0.4, -0.2) is 86.2 Å². The minimum Gasteiger partial charge on any atom is -0.460 e. The number of aldehydes is 1. The molecule has 2 atom stereocenters. The number of hydrogen-bond donors (Lipinski definition) is 0. The first kappa shape index (κ1) is 46.1. The van der Waals surface area contributed by atoms with Crippen molar-refractivity contribution in [1.82, 2.24) is 50.4 Å². The highest BCUT2D eigenvalue weighted by Gasteiger charge is 2.37. The minimum atomic E-state index is -0.883. The lowest BCUT2D eigenvalue weighted by atomic mass is 9.86. The number of tetrazole rings is 2. The Morgan fingerprint density at radius 3 is 1.74 bits per heavy atom. The molecule has 0 amide bonds. The fourth-order valence-electron chi connectivity index (χ4n) is 8.88. The zero-order chi connectivity index (χ0) is 47.1. The summed E-state index contributed by atoms with van der Waals surface area (Å²) in [6.07, 6.45) is 6.23. The molecule has 0 aliphatic carbocycles. The lowest BCUT2D eigenvalue weighted by Crippen LogP contribution is -2.45. The van der Waals surface area contributed by atoms with E-state index in [-0.39, 0.29) is 48.1 Å². The van der Waals surface area contributed by atoms with Crippen LogP contribution in [0.1, 0.15) is 125 Å². The molecule has 1 saturated heterocycles. The van der Waals surface area contributed by atoms with Crippen LogP contribution in [0.5, 0.6) is 0 Å². The predicted molar refractivity (Wildman–Crippen MR) is 242 cm³/mol. The van der Waals surface area contributed by atoms with E-state index in [4.69, 9.17) is 24.2 Å². The smallest absolute Gasteiger partial charge is 0.308 e. The third kappa shape index (κ3) is 9.72. The molecule has 0 bridgehead atoms. The van der Waals surface area contributed by atoms with Gasteiger partial charge >= 0.3 is 5.97 Å². The molecule has 0 radical (unpaired) electrons. The van der Waals surface area contributed by atoms with Crippen LogP contribution in [0.2, 0.25) is 0 Å². The zero-order valence-electron chi connectivity index (χ0n) is 38.7. The molecule has 2 aromatic carbocycles. The molecule has 17 heteroatoms. The van der Waals surface area contributed by atoms with E-state index in [1.54, 1.807) is 33.6 Å². The molecule has 0 unspecified atom stereocenters. The number of aromatic nitrogens is 10. The van der Waals surface area contributed by atoms with Gasteiger partial charge < -0.3 is 14.2 Å². The van der Waals surface area contributed by atoms with Gasteiger partial charge in [-0.15, -0.1) is 10.2 Å². The number of esters is 1. The van der Waals surface area contributed by atoms with E-state index in [0.717, 1.165) is 56.6 Å². The van der Waals surface area contributed by atoms with Crippen LogP contribution in [0.25, 0.3) is 51.4 Å². The number of halogens is 2. The number of rotatable bonds is 9. The van der Waals surface area contributed by atoms with E-state index in [9.17, 15) is 18.4 Å². The lowest BCUT2D eigenvalue weighted by Gasteiger charge is -2.40. The van der Waals surface area contributed by atoms with E-state index in [2.05, 4.69) is 51.0 Å². The molecule has 0 saturated carbocycles. The minimum absolute atomic E-state index is 0.0518. The Bertz CT molecular complexity index is 2790. The van der Waals surface area contributed by atoms with Crippen LogP contribution in [0.4, 0.5) is 8.78 Å². The first-order valence-corrected chi connectivity index (χ1v) is 22.3. The normalized spacial score (nSPS) is 17.4. The third-order valence-electron chi connectivity index (χ3n) is 11.5. The van der Waals surface area contributed by atoms with Crippen molar-refractivity contribution in [3.8, 4) is 45.3 Å². The van der Waals surface area contributed by atoms with Crippen LogP contribution in [-0.2, 0) is 44.9 Å². The maximum Gasteiger partial charge on any atom is 0.308 e. The Morgan fingerprint density at radius 1 is 0.788 bits per heavy atom. The average Bonchev–Trinajstić information content (AvgIpc) is 3.95. The second-order valence-electron chi connectivity index (χ2n) is 18.8. The van der Waals surface area contributed by atoms with Crippen LogP contribution in [0, 0.1) is 11.6 Å². The first-order chi connectivity index (χ1) is 31.4. The van der Waals surface area contributed by atoms with E-state index < -0.39 is 11.4 Å². The van der Waals surface area contributed by atoms with Crippen molar-refractivity contribution in [2.24, 2.45) is 0 Å². The maximum atomic E-state index is 14.0. The van der Waals surface area contributed by atoms with Crippen LogP contribution in [0.15, 0.2) is 54.6 Å². The highest BCUT2D eigenvalue weighted by Crippen LogP contribution is 2.42. The van der Waals surface area contributed by atoms with Gasteiger partial charge in [-0.1, -0.05) is 64.1 Å². The van der Waals surface area contributed by atoms with Gasteiger partial charge in [0.15, 0.2) is 12.1 Å². The summed E-state index contributed by atoms with van der Waals surface area (Å²) in [5.41, 5.74) is 9.41. The van der Waals surface area contributed by atoms with Gasteiger partial charge in [-0.3, -0.25) is 9.59 Å². The number of nitrogens with zero attached hydrogens (tertiary/aromatic N) is 10. The quantitative estimate of drug-likeness (QED) is 0.0995. The van der Waals surface area contributed by atoms with Gasteiger partial charge in [-0.05, 0) is 138 Å². The van der Waals surface area contributed by atoms with Crippen molar-refractivity contribution in [2.45, 2.75) is 137 Å². The Morgan fingerprint density at radius 2 is 1.27 bits per heavy atom. The molecule has 344 valence electrons. The highest BCUT2D eigenvalue weighted by molar-refractivity contribution is 5.93. The molecule has 7 heterocycles. The highest BCUT2D eigenvalue weighted by atomic mass is 19.1. The molecule has 3 aliphatic rings. The zero-order valence-corrected chi connectivity index (χ0v) is 38.7. The van der Waals surface area contributed by atoms with Gasteiger partial charge in [0, 0.05) is 30.6 Å². The van der Waals surface area contributed by atoms with Crippen LogP contribution >= 0.6 is 0 Å². The Labute approximate surface area is 382 Å². The molecular formula is C49H54F2N10O5. The molecule has 6 aromatic rings. The second-order valence-corrected chi connectivity index (χ2v) is 18.8. The molecule has 4 aromatic heterocycles. The molecule has 0 spiro atoms. The molecule has 3 aliphatic heterocycles. The van der Waals surface area contributed by atoms with Gasteiger partial charge in [-0.2, -0.15) is 0 Å². The van der Waals surface area contributed by atoms with Gasteiger partial charge in [0.25, 0.3) is 0 Å². The van der Waals surface area contributed by atoms with Gasteiger partial charge in [-0.25, -0.2) is 28.1 Å². The van der Waals surface area contributed by atoms with Crippen LogP contribution < -0.4 is 0 Å². The average molecular weight is 901 g/mol. The summed E-state index contributed by atoms with van der Waals surface area (Å²) < 4.78 is 48.7. The number of carbonyl (C=O) groups is 2. The van der Waals surface area contributed by atoms with E-state index in [1.165, 1.54) is 24.3 Å². The maximum absolute atomic E-state index is 14.0. The standard InChI is InChI=1S/C31H38FN5O4.C18H16FN5O/c1-18(2)27-23(13-12-21-16-22(40-31(6,7)39-21)17-25(38)41-30(3,4)5)26(19-8-10-20(32)11-9-19)24-14-15-37-29(28(24)33-27)34-35-36-37;1-10(2)16-14(9-25)15(11-3-5-12(19)6-4-11)13-7-8-24-18(17(13)20-16)21-22-23-24/h8-13,18,21-22H,14-17H2,1-7H3;3-6,9-10H,7-8H2,1-2H3/b13-12+;/t21-,22-;/m1./s1. The molecule has 15 nitrogen and oxygen atoms in total. The van der Waals surface area contributed by atoms with Gasteiger partial charge in [0.2, 0.25) is 11.6 Å². The molecular weight excluding hydrogens is 847 g/mol. The number of benzene rings is 2. The summed E-state index contributed by atoms with van der Waals surface area (Å²) in [5.74, 6) is -0.428. The Kier molecular flexibility index (Phi) is 12.9. The number of fused-ring (bicyclic) bond motifs is 6. The molecule has 9 rings (SSSR count). The largest absolute Gasteiger partial charge is 0.460 e. The summed E-state index contributed by atoms with van der Waals surface area (Å²) in [6, 6.07) is 12.7. The van der Waals surface area contributed by atoms with Crippen molar-refractivity contribution >= 4 is 18.3 Å². The number of hydrogen-bond acceptors (Lipinski definition) is 13. The van der Waals surface area contributed by atoms with Gasteiger partial charge in [0.05, 0.1) is 30.0 Å². The lowest BCUT2D eigenvalue weighted by molar-refractivity contribution is -0.290.